The van der Waals surface area contributed by atoms with Gasteiger partial charge < -0.3 is 10.3 Å². The molecule has 0 amide bonds. The number of hydrogen-bond acceptors (Lipinski definition) is 6. The molecule has 2 aromatic rings. The van der Waals surface area contributed by atoms with E-state index in [0.29, 0.717) is 18.1 Å². The van der Waals surface area contributed by atoms with Gasteiger partial charge in [-0.05, 0) is 5.75 Å². The number of nitrogens with zero attached hydrogens (tertiary/aromatic N) is 4. The van der Waals surface area contributed by atoms with Crippen LogP contribution in [0.25, 0.3) is 0 Å². The second-order valence-corrected chi connectivity index (χ2v) is 4.49. The quantitative estimate of drug-likeness (QED) is 0.842. The second kappa shape index (κ2) is 5.02. The summed E-state index contributed by atoms with van der Waals surface area (Å²) in [4.78, 5) is 4.25. The van der Waals surface area contributed by atoms with Gasteiger partial charge in [0.05, 0.1) is 17.6 Å². The Bertz CT molecular complexity index is 452. The molecule has 0 aliphatic rings. The van der Waals surface area contributed by atoms with E-state index in [9.17, 15) is 0 Å². The molecule has 0 aromatic carbocycles. The molecule has 0 aliphatic heterocycles. The van der Waals surface area contributed by atoms with E-state index in [-0.39, 0.29) is 0 Å². The van der Waals surface area contributed by atoms with Crippen LogP contribution >= 0.6 is 11.8 Å². The fraction of sp³-hybridized carbons (Fsp3) is 0.444. The summed E-state index contributed by atoms with van der Waals surface area (Å²) >= 11 is 1.76. The Balaban J connectivity index is 1.97. The van der Waals surface area contributed by atoms with E-state index in [2.05, 4.69) is 22.2 Å². The molecule has 0 bridgehead atoms. The SMILES string of the molecule is CCSCc1noc(Cn2cc(N)cn2)n1. The van der Waals surface area contributed by atoms with Crippen LogP contribution in [0.4, 0.5) is 5.69 Å². The Morgan fingerprint density at radius 1 is 1.56 bits per heavy atom. The van der Waals surface area contributed by atoms with E-state index in [4.69, 9.17) is 10.3 Å². The van der Waals surface area contributed by atoms with Gasteiger partial charge in [0.1, 0.15) is 6.54 Å². The van der Waals surface area contributed by atoms with E-state index in [0.717, 1.165) is 17.3 Å². The highest BCUT2D eigenvalue weighted by Crippen LogP contribution is 2.09. The summed E-state index contributed by atoms with van der Waals surface area (Å²) in [6, 6.07) is 0. The van der Waals surface area contributed by atoms with Gasteiger partial charge in [0.2, 0.25) is 5.89 Å². The van der Waals surface area contributed by atoms with Crippen molar-refractivity contribution in [3.8, 4) is 0 Å². The molecule has 0 saturated carbocycles. The lowest BCUT2D eigenvalue weighted by atomic mass is 10.6. The van der Waals surface area contributed by atoms with Gasteiger partial charge in [-0.25, -0.2) is 0 Å². The van der Waals surface area contributed by atoms with Crippen molar-refractivity contribution < 1.29 is 4.52 Å². The molecule has 0 atom stereocenters. The number of thioether (sulfide) groups is 1. The fourth-order valence-corrected chi connectivity index (χ4v) is 1.71. The largest absolute Gasteiger partial charge is 0.396 e. The Kier molecular flexibility index (Phi) is 3.45. The highest BCUT2D eigenvalue weighted by molar-refractivity contribution is 7.98. The summed E-state index contributed by atoms with van der Waals surface area (Å²) in [5.74, 6) is 3.10. The first kappa shape index (κ1) is 11.0. The topological polar surface area (TPSA) is 82.8 Å². The van der Waals surface area contributed by atoms with Crippen LogP contribution < -0.4 is 5.73 Å². The molecular weight excluding hydrogens is 226 g/mol. The van der Waals surface area contributed by atoms with Crippen molar-refractivity contribution >= 4 is 17.4 Å². The molecule has 0 aliphatic carbocycles. The Morgan fingerprint density at radius 3 is 3.12 bits per heavy atom. The normalized spacial score (nSPS) is 10.8. The number of nitrogen functional groups attached to an aromatic ring is 1. The molecule has 2 rings (SSSR count). The van der Waals surface area contributed by atoms with Crippen LogP contribution in [-0.4, -0.2) is 25.7 Å². The third kappa shape index (κ3) is 2.75. The molecule has 0 spiro atoms. The van der Waals surface area contributed by atoms with E-state index < -0.39 is 0 Å². The molecule has 7 heteroatoms. The molecule has 2 N–H and O–H groups in total. The minimum Gasteiger partial charge on any atom is -0.396 e. The minimum atomic E-state index is 0.459. The predicted octanol–water partition coefficient (Wildman–Crippen LogP) is 1.15. The monoisotopic (exact) mass is 239 g/mol. The van der Waals surface area contributed by atoms with E-state index in [1.807, 2.05) is 0 Å². The zero-order valence-electron chi connectivity index (χ0n) is 8.96. The Labute approximate surface area is 97.2 Å². The van der Waals surface area contributed by atoms with Gasteiger partial charge in [0, 0.05) is 6.20 Å². The van der Waals surface area contributed by atoms with Crippen molar-refractivity contribution in [2.45, 2.75) is 19.2 Å². The molecule has 2 heterocycles. The molecule has 0 saturated heterocycles. The van der Waals surface area contributed by atoms with Crippen LogP contribution in [-0.2, 0) is 12.3 Å². The van der Waals surface area contributed by atoms with Crippen LogP contribution in [0.15, 0.2) is 16.9 Å². The van der Waals surface area contributed by atoms with Crippen LogP contribution in [0.5, 0.6) is 0 Å². The smallest absolute Gasteiger partial charge is 0.248 e. The fourth-order valence-electron chi connectivity index (χ4n) is 1.21. The van der Waals surface area contributed by atoms with Crippen LogP contribution in [0.1, 0.15) is 18.6 Å². The average molecular weight is 239 g/mol. The van der Waals surface area contributed by atoms with Crippen molar-refractivity contribution in [3.63, 3.8) is 0 Å². The summed E-state index contributed by atoms with van der Waals surface area (Å²) in [5, 5.41) is 7.92. The highest BCUT2D eigenvalue weighted by Gasteiger charge is 2.07. The summed E-state index contributed by atoms with van der Waals surface area (Å²) in [7, 11) is 0. The zero-order chi connectivity index (χ0) is 11.4. The maximum atomic E-state index is 5.55. The van der Waals surface area contributed by atoms with E-state index in [1.54, 1.807) is 28.8 Å². The van der Waals surface area contributed by atoms with E-state index >= 15 is 0 Å². The molecule has 2 aromatic heterocycles. The number of nitrogens with two attached hydrogens (primary N) is 1. The average Bonchev–Trinajstić information content (AvgIpc) is 2.86. The van der Waals surface area contributed by atoms with Gasteiger partial charge in [-0.1, -0.05) is 12.1 Å². The maximum Gasteiger partial charge on any atom is 0.248 e. The summed E-state index contributed by atoms with van der Waals surface area (Å²) in [6.07, 6.45) is 3.31. The molecule has 0 unspecified atom stereocenters. The lowest BCUT2D eigenvalue weighted by molar-refractivity contribution is 0.362. The number of hydrogen-bond donors (Lipinski definition) is 1. The lowest BCUT2D eigenvalue weighted by Crippen LogP contribution is -2.00. The van der Waals surface area contributed by atoms with Crippen molar-refractivity contribution in [2.24, 2.45) is 0 Å². The second-order valence-electron chi connectivity index (χ2n) is 3.21. The summed E-state index contributed by atoms with van der Waals surface area (Å²) in [5.41, 5.74) is 6.18. The minimum absolute atomic E-state index is 0.459. The third-order valence-corrected chi connectivity index (χ3v) is 2.77. The van der Waals surface area contributed by atoms with E-state index in [1.165, 1.54) is 0 Å². The van der Waals surface area contributed by atoms with Gasteiger partial charge in [-0.3, -0.25) is 4.68 Å². The van der Waals surface area contributed by atoms with Crippen LogP contribution in [0, 0.1) is 0 Å². The Morgan fingerprint density at radius 2 is 2.44 bits per heavy atom. The lowest BCUT2D eigenvalue weighted by Gasteiger charge is -1.93. The Hall–Kier alpha value is -1.50. The predicted molar refractivity (Wildman–Crippen MR) is 61.9 cm³/mol. The zero-order valence-corrected chi connectivity index (χ0v) is 9.78. The molecule has 0 fully saturated rings. The maximum absolute atomic E-state index is 5.55. The number of aromatic nitrogens is 4. The van der Waals surface area contributed by atoms with Crippen molar-refractivity contribution in [1.82, 2.24) is 19.9 Å². The van der Waals surface area contributed by atoms with Crippen molar-refractivity contribution in [2.75, 3.05) is 11.5 Å². The first-order valence-corrected chi connectivity index (χ1v) is 6.10. The highest BCUT2D eigenvalue weighted by atomic mass is 32.2. The van der Waals surface area contributed by atoms with Crippen molar-refractivity contribution in [1.29, 1.82) is 0 Å². The van der Waals surface area contributed by atoms with Crippen LogP contribution in [0.3, 0.4) is 0 Å². The number of anilines is 1. The van der Waals surface area contributed by atoms with Gasteiger partial charge >= 0.3 is 0 Å². The van der Waals surface area contributed by atoms with Gasteiger partial charge in [-0.15, -0.1) is 0 Å². The number of rotatable bonds is 5. The first-order chi connectivity index (χ1) is 7.78. The summed E-state index contributed by atoms with van der Waals surface area (Å²) < 4.78 is 6.77. The molecule has 86 valence electrons. The van der Waals surface area contributed by atoms with Gasteiger partial charge in [-0.2, -0.15) is 21.8 Å². The van der Waals surface area contributed by atoms with Crippen LogP contribution in [0.2, 0.25) is 0 Å². The third-order valence-electron chi connectivity index (χ3n) is 1.90. The van der Waals surface area contributed by atoms with Gasteiger partial charge in [0.25, 0.3) is 0 Å². The molecular formula is C9H13N5OS. The van der Waals surface area contributed by atoms with Gasteiger partial charge in [0.15, 0.2) is 5.82 Å². The molecule has 0 radical (unpaired) electrons. The first-order valence-electron chi connectivity index (χ1n) is 4.95. The van der Waals surface area contributed by atoms with Crippen molar-refractivity contribution in [3.05, 3.63) is 24.1 Å². The molecule has 6 nitrogen and oxygen atoms in total. The standard InChI is InChI=1S/C9H13N5OS/c1-2-16-6-8-12-9(15-13-8)5-14-4-7(10)3-11-14/h3-4H,2,5-6,10H2,1H3. The molecule has 16 heavy (non-hydrogen) atoms. The summed E-state index contributed by atoms with van der Waals surface area (Å²) in [6.45, 7) is 2.55.